The van der Waals surface area contributed by atoms with Crippen LogP contribution in [0.3, 0.4) is 0 Å². The lowest BCUT2D eigenvalue weighted by Gasteiger charge is -2.41. The Morgan fingerprint density at radius 3 is 0.704 bits per heavy atom. The van der Waals surface area contributed by atoms with Crippen LogP contribution in [0, 0.1) is 64.6 Å². The van der Waals surface area contributed by atoms with Crippen LogP contribution >= 0.6 is 0 Å². The molecule has 0 bridgehead atoms. The first-order valence-corrected chi connectivity index (χ1v) is 46.6. The summed E-state index contributed by atoms with van der Waals surface area (Å²) in [7, 11) is 0. The highest BCUT2D eigenvalue weighted by Gasteiger charge is 2.40. The minimum atomic E-state index is -0.656. The molecule has 0 aromatic rings. The van der Waals surface area contributed by atoms with Crippen LogP contribution in [0.5, 0.6) is 0 Å². The molecule has 2 rings (SSSR count). The highest BCUT2D eigenvalue weighted by molar-refractivity contribution is 5.84. The van der Waals surface area contributed by atoms with Crippen LogP contribution in [-0.2, 0) is 81.0 Å². The Labute approximate surface area is 707 Å². The van der Waals surface area contributed by atoms with E-state index in [1.54, 1.807) is 0 Å². The van der Waals surface area contributed by atoms with Gasteiger partial charge in [0.2, 0.25) is 0 Å². The van der Waals surface area contributed by atoms with Crippen LogP contribution in [0.2, 0.25) is 0 Å². The van der Waals surface area contributed by atoms with Crippen molar-refractivity contribution in [1.82, 2.24) is 0 Å². The number of ketones is 9. The van der Waals surface area contributed by atoms with Crippen molar-refractivity contribution in [1.29, 1.82) is 0 Å². The maximum absolute atomic E-state index is 12.0. The molecule has 17 nitrogen and oxygen atoms in total. The fourth-order valence-electron chi connectivity index (χ4n) is 12.9. The van der Waals surface area contributed by atoms with Gasteiger partial charge in [-0.3, -0.25) is 43.2 Å². The molecule has 2 aliphatic rings. The first kappa shape index (κ1) is 116. The normalized spacial score (nSPS) is 14.7. The van der Waals surface area contributed by atoms with Crippen molar-refractivity contribution in [3.05, 3.63) is 0 Å². The first-order chi connectivity index (χ1) is 53.8. The molecule has 17 heteroatoms. The van der Waals surface area contributed by atoms with Gasteiger partial charge >= 0.3 is 0 Å². The van der Waals surface area contributed by atoms with Crippen molar-refractivity contribution in [3.63, 3.8) is 0 Å². The van der Waals surface area contributed by atoms with Crippen molar-refractivity contribution in [2.45, 2.75) is 460 Å². The Balaban J connectivity index is -0.00000139. The zero-order valence-electron chi connectivity index (χ0n) is 79.7. The molecule has 0 amide bonds. The fraction of sp³-hybridized carbons (Fsp3) is 0.908. The summed E-state index contributed by atoms with van der Waals surface area (Å²) >= 11 is 0. The summed E-state index contributed by atoms with van der Waals surface area (Å²) in [5.74, 6) is 4.24. The number of carbonyl (C=O) groups is 9. The maximum atomic E-state index is 12.0. The third-order valence-electron chi connectivity index (χ3n) is 21.5. The molecule has 115 heavy (non-hydrogen) atoms. The Kier molecular flexibility index (Phi) is 68.8. The summed E-state index contributed by atoms with van der Waals surface area (Å²) in [5, 5.41) is 0. The van der Waals surface area contributed by atoms with Gasteiger partial charge in [0.25, 0.3) is 0 Å². The Bertz CT molecular complexity index is 2500. The zero-order valence-corrected chi connectivity index (χ0v) is 79.7. The minimum Gasteiger partial charge on any atom is -0.351 e. The number of carbonyl (C=O) groups excluding carboxylic acids is 9. The summed E-state index contributed by atoms with van der Waals surface area (Å²) in [6, 6.07) is 0. The molecule has 2 saturated carbocycles. The fourth-order valence-corrected chi connectivity index (χ4v) is 12.9. The number of Topliss-reactive ketones (excluding diaryl/α,β-unsaturated/α-hetero) is 9. The van der Waals surface area contributed by atoms with Crippen LogP contribution < -0.4 is 0 Å². The predicted octanol–water partition coefficient (Wildman–Crippen LogP) is 25.3. The van der Waals surface area contributed by atoms with Gasteiger partial charge in [-0.15, -0.1) is 0 Å². The summed E-state index contributed by atoms with van der Waals surface area (Å²) in [6.45, 7) is 58.7. The highest BCUT2D eigenvalue weighted by atomic mass is 16.7. The van der Waals surface area contributed by atoms with Gasteiger partial charge in [0.05, 0.1) is 52.9 Å². The van der Waals surface area contributed by atoms with Crippen LogP contribution in [-0.4, -0.2) is 128 Å². The molecule has 1 unspecified atom stereocenters. The van der Waals surface area contributed by atoms with Crippen LogP contribution in [0.1, 0.15) is 437 Å². The maximum Gasteiger partial charge on any atom is 0.170 e. The molecule has 0 saturated heterocycles. The second-order valence-electron chi connectivity index (χ2n) is 38.5. The monoisotopic (exact) mass is 1630 g/mol. The molecule has 0 aliphatic heterocycles. The first-order valence-electron chi connectivity index (χ1n) is 46.6. The average molecular weight is 1630 g/mol. The van der Waals surface area contributed by atoms with E-state index in [2.05, 4.69) is 90.0 Å². The lowest BCUT2D eigenvalue weighted by molar-refractivity contribution is -0.278. The average Bonchev–Trinajstić information content (AvgIpc) is 1.78. The second-order valence-corrected chi connectivity index (χ2v) is 38.5. The van der Waals surface area contributed by atoms with E-state index in [0.717, 1.165) is 135 Å². The molecular formula is C98H184O17. The minimum absolute atomic E-state index is 0.0594. The second kappa shape index (κ2) is 68.3. The summed E-state index contributed by atoms with van der Waals surface area (Å²) in [5.41, 5.74) is -0.147. The van der Waals surface area contributed by atoms with E-state index in [1.165, 1.54) is 25.7 Å². The molecule has 0 heterocycles. The molecule has 0 aromatic carbocycles. The van der Waals surface area contributed by atoms with E-state index >= 15 is 0 Å². The van der Waals surface area contributed by atoms with Gasteiger partial charge < -0.3 is 37.9 Å². The molecule has 2 aliphatic carbocycles. The van der Waals surface area contributed by atoms with Crippen molar-refractivity contribution in [3.8, 4) is 0 Å². The molecule has 0 radical (unpaired) electrons. The molecule has 2 fully saturated rings. The Morgan fingerprint density at radius 1 is 0.243 bits per heavy atom. The Morgan fingerprint density at radius 2 is 0.443 bits per heavy atom. The summed E-state index contributed by atoms with van der Waals surface area (Å²) in [4.78, 5) is 105. The van der Waals surface area contributed by atoms with E-state index in [1.807, 2.05) is 90.0 Å². The van der Waals surface area contributed by atoms with Crippen molar-refractivity contribution in [2.24, 2.45) is 64.6 Å². The number of ether oxygens (including phenoxy) is 8. The van der Waals surface area contributed by atoms with E-state index < -0.39 is 23.1 Å². The van der Waals surface area contributed by atoms with Crippen molar-refractivity contribution < 1.29 is 81.0 Å². The molecule has 0 N–H and O–H groups in total. The molecule has 0 spiro atoms. The predicted molar refractivity (Wildman–Crippen MR) is 473 cm³/mol. The van der Waals surface area contributed by atoms with Crippen LogP contribution in [0.25, 0.3) is 0 Å². The van der Waals surface area contributed by atoms with Crippen LogP contribution in [0.4, 0.5) is 0 Å². The van der Waals surface area contributed by atoms with Gasteiger partial charge in [0, 0.05) is 144 Å². The smallest absolute Gasteiger partial charge is 0.170 e. The van der Waals surface area contributed by atoms with E-state index in [-0.39, 0.29) is 81.3 Å². The van der Waals surface area contributed by atoms with Crippen LogP contribution in [0.15, 0.2) is 0 Å². The summed E-state index contributed by atoms with van der Waals surface area (Å²) in [6.07, 6.45) is 33.4. The van der Waals surface area contributed by atoms with Gasteiger partial charge in [-0.05, 0) is 185 Å². The highest BCUT2D eigenvalue weighted by Crippen LogP contribution is 2.37. The lowest BCUT2D eigenvalue weighted by atomic mass is 9.86. The van der Waals surface area contributed by atoms with E-state index in [4.69, 9.17) is 37.9 Å². The third kappa shape index (κ3) is 68.0. The summed E-state index contributed by atoms with van der Waals surface area (Å²) < 4.78 is 48.3. The van der Waals surface area contributed by atoms with Gasteiger partial charge in [0.15, 0.2) is 23.1 Å². The SMILES string of the molecule is CC(C)CCCC(=O)C(C)C.CC(C)CCCOC(C)(C)OCCCC(=O)CCCC(=O)C(C)C.CC(C)CCCOC(C)(OCCCC(=O)CCCC(=O)C(C)C)C(C)(C)C.CC(C)CCCOC1(OCCCC(=O)CCCC(=O)C(C)C)CCCC1.CC(C)CCCOC1(OCCCC(=O)CCCC(=O)C(C)C)CCCCC1. The standard InChI is InChI=1S/C23H42O4.C23H44O4.C22H40O4.C20H38O4.C10H20O/c1-19(2)11-9-17-26-23(15-6-5-7-16-23)27-18-10-13-21(24)12-8-14-22(25)20(3)4;1-18(2)12-10-16-26-23(8,22(5,6)7)27-17-11-14-20(24)13-9-15-21(25)19(3)4;1-18(2)10-8-16-25-22(14-5-6-15-22)26-17-9-12-20(23)11-7-13-21(24)19(3)4;1-16(2)10-8-14-23-20(5,6)24-15-9-12-18(21)11-7-13-19(22)17(3)4;1-8(2)6-5-7-10(11)9(3)4/h19-20H,5-18H2,1-4H3;18-19H,9-17H2,1-8H3;18-19H,5-17H2,1-4H3;16-17H,7-15H2,1-6H3;8-9H,5-7H2,1-4H3. The van der Waals surface area contributed by atoms with Gasteiger partial charge in [-0.25, -0.2) is 0 Å². The van der Waals surface area contributed by atoms with Gasteiger partial charge in [0.1, 0.15) is 52.0 Å². The van der Waals surface area contributed by atoms with Gasteiger partial charge in [-0.1, -0.05) is 172 Å². The number of rotatable bonds is 65. The van der Waals surface area contributed by atoms with E-state index in [0.29, 0.717) is 185 Å². The number of hydrogen-bond acceptors (Lipinski definition) is 17. The number of hydrogen-bond donors (Lipinski definition) is 0. The largest absolute Gasteiger partial charge is 0.351 e. The molecular weight excluding hydrogens is 1450 g/mol. The molecule has 1 atom stereocenters. The molecule has 678 valence electrons. The van der Waals surface area contributed by atoms with Crippen molar-refractivity contribution in [2.75, 3.05) is 52.9 Å². The zero-order chi connectivity index (χ0) is 88.1. The molecule has 0 aromatic heterocycles. The lowest BCUT2D eigenvalue weighted by Crippen LogP contribution is -2.45. The third-order valence-corrected chi connectivity index (χ3v) is 21.5. The Hall–Kier alpha value is -3.29. The van der Waals surface area contributed by atoms with E-state index in [9.17, 15) is 43.2 Å². The quantitative estimate of drug-likeness (QED) is 0.0407. The van der Waals surface area contributed by atoms with Gasteiger partial charge in [-0.2, -0.15) is 0 Å². The topological polar surface area (TPSA) is 227 Å². The van der Waals surface area contributed by atoms with Crippen molar-refractivity contribution >= 4 is 52.0 Å².